The minimum atomic E-state index is -4.00. The first kappa shape index (κ1) is 15.1. The molecule has 1 aromatic rings. The average molecular weight is 274 g/mol. The molecule has 0 aliphatic rings. The third-order valence-corrected chi connectivity index (χ3v) is 3.82. The largest absolute Gasteiger partial charge is 0.299 e. The Labute approximate surface area is 108 Å². The lowest BCUT2D eigenvalue weighted by Crippen LogP contribution is -2.15. The summed E-state index contributed by atoms with van der Waals surface area (Å²) in [4.78, 5) is -0.0136. The Bertz CT molecular complexity index is 466. The number of alkyl halides is 1. The van der Waals surface area contributed by atoms with Gasteiger partial charge in [-0.1, -0.05) is 31.5 Å². The van der Waals surface area contributed by atoms with Gasteiger partial charge in [0.25, 0.3) is 10.1 Å². The zero-order valence-corrected chi connectivity index (χ0v) is 11.7. The van der Waals surface area contributed by atoms with Crippen LogP contribution in [0.1, 0.15) is 32.3 Å². The maximum absolute atomic E-state index is 13.4. The summed E-state index contributed by atoms with van der Waals surface area (Å²) in [5.41, 5.74) is 0.936. The van der Waals surface area contributed by atoms with E-state index in [1.54, 1.807) is 12.1 Å². The molecule has 0 amide bonds. The van der Waals surface area contributed by atoms with Crippen molar-refractivity contribution < 1.29 is 17.0 Å². The summed E-state index contributed by atoms with van der Waals surface area (Å²) in [6.07, 6.45) is -1.11. The second-order valence-corrected chi connectivity index (χ2v) is 6.32. The smallest absolute Gasteiger partial charge is 0.229 e. The molecule has 5 heteroatoms. The average Bonchev–Trinajstić information content (AvgIpc) is 2.26. The van der Waals surface area contributed by atoms with Gasteiger partial charge in [-0.2, -0.15) is 8.42 Å². The van der Waals surface area contributed by atoms with Crippen LogP contribution in [-0.2, 0) is 14.3 Å². The molecule has 18 heavy (non-hydrogen) atoms. The van der Waals surface area contributed by atoms with E-state index in [0.29, 0.717) is 12.3 Å². The molecule has 0 saturated carbocycles. The maximum atomic E-state index is 13.4. The number of hydrogen-bond acceptors (Lipinski definition) is 3. The van der Waals surface area contributed by atoms with Gasteiger partial charge in [0.05, 0.1) is 4.90 Å². The predicted molar refractivity (Wildman–Crippen MR) is 68.4 cm³/mol. The van der Waals surface area contributed by atoms with Crippen molar-refractivity contribution in [2.24, 2.45) is 5.92 Å². The van der Waals surface area contributed by atoms with E-state index in [4.69, 9.17) is 0 Å². The van der Waals surface area contributed by atoms with E-state index in [9.17, 15) is 12.8 Å². The fourth-order valence-corrected chi connectivity index (χ4v) is 2.36. The lowest BCUT2D eigenvalue weighted by atomic mass is 10.1. The number of aryl methyl sites for hydroxylation is 1. The lowest BCUT2D eigenvalue weighted by molar-refractivity contribution is 0.0611. The molecule has 0 aliphatic carbocycles. The highest BCUT2D eigenvalue weighted by Gasteiger charge is 2.21. The summed E-state index contributed by atoms with van der Waals surface area (Å²) in [6.45, 7) is 5.74. The molecule has 0 aliphatic heterocycles. The van der Waals surface area contributed by atoms with E-state index in [1.165, 1.54) is 12.1 Å². The summed E-state index contributed by atoms with van der Waals surface area (Å²) in [5.74, 6) is 0.314. The topological polar surface area (TPSA) is 43.4 Å². The Balaban J connectivity index is 2.67. The summed E-state index contributed by atoms with van der Waals surface area (Å²) in [7, 11) is -4.00. The predicted octanol–water partition coefficient (Wildman–Crippen LogP) is 3.43. The number of benzene rings is 1. The van der Waals surface area contributed by atoms with Crippen LogP contribution < -0.4 is 0 Å². The second kappa shape index (κ2) is 6.29. The van der Waals surface area contributed by atoms with Crippen molar-refractivity contribution in [2.75, 3.05) is 0 Å². The number of hydrogen-bond donors (Lipinski definition) is 0. The van der Waals surface area contributed by atoms with Crippen LogP contribution in [-0.4, -0.2) is 14.8 Å². The van der Waals surface area contributed by atoms with Crippen molar-refractivity contribution in [3.05, 3.63) is 29.8 Å². The molecule has 0 radical (unpaired) electrons. The molecule has 1 rings (SSSR count). The van der Waals surface area contributed by atoms with Crippen LogP contribution in [0.3, 0.4) is 0 Å². The van der Waals surface area contributed by atoms with Crippen molar-refractivity contribution in [1.29, 1.82) is 0 Å². The standard InChI is InChI=1S/C13H19FO3S/c1-10(2)4-9-13(14)17-18(15,16)12-7-5-11(3)6-8-12/h5-8,10,13H,4,9H2,1-3H3. The van der Waals surface area contributed by atoms with Gasteiger partial charge in [0, 0.05) is 6.42 Å². The van der Waals surface area contributed by atoms with Gasteiger partial charge in [-0.25, -0.2) is 8.57 Å². The normalized spacial score (nSPS) is 13.8. The van der Waals surface area contributed by atoms with Crippen molar-refractivity contribution >= 4 is 10.1 Å². The van der Waals surface area contributed by atoms with E-state index < -0.39 is 16.5 Å². The van der Waals surface area contributed by atoms with Crippen molar-refractivity contribution in [3.8, 4) is 0 Å². The van der Waals surface area contributed by atoms with Crippen LogP contribution in [0.25, 0.3) is 0 Å². The molecule has 0 spiro atoms. The molecular formula is C13H19FO3S. The van der Waals surface area contributed by atoms with Gasteiger partial charge in [0.1, 0.15) is 0 Å². The molecule has 1 aromatic carbocycles. The molecule has 0 fully saturated rings. The van der Waals surface area contributed by atoms with Crippen molar-refractivity contribution in [2.45, 2.75) is 44.9 Å². The van der Waals surface area contributed by atoms with Gasteiger partial charge >= 0.3 is 0 Å². The highest BCUT2D eigenvalue weighted by atomic mass is 32.2. The fraction of sp³-hybridized carbons (Fsp3) is 0.538. The van der Waals surface area contributed by atoms with Crippen molar-refractivity contribution in [3.63, 3.8) is 0 Å². The van der Waals surface area contributed by atoms with Crippen LogP contribution in [0.5, 0.6) is 0 Å². The van der Waals surface area contributed by atoms with Gasteiger partial charge in [0.2, 0.25) is 6.36 Å². The Kier molecular flexibility index (Phi) is 5.28. The molecule has 102 valence electrons. The quantitative estimate of drug-likeness (QED) is 0.746. The fourth-order valence-electron chi connectivity index (χ4n) is 1.41. The monoisotopic (exact) mass is 274 g/mol. The molecule has 3 nitrogen and oxygen atoms in total. The van der Waals surface area contributed by atoms with Gasteiger partial charge in [0.15, 0.2) is 0 Å². The van der Waals surface area contributed by atoms with Gasteiger partial charge in [-0.15, -0.1) is 0 Å². The Morgan fingerprint density at radius 2 is 1.72 bits per heavy atom. The van der Waals surface area contributed by atoms with E-state index in [0.717, 1.165) is 5.56 Å². The first-order valence-corrected chi connectivity index (χ1v) is 7.36. The molecule has 0 bridgehead atoms. The first-order valence-electron chi connectivity index (χ1n) is 5.95. The Hall–Kier alpha value is -0.940. The SMILES string of the molecule is Cc1ccc(S(=O)(=O)OC(F)CCC(C)C)cc1. The van der Waals surface area contributed by atoms with Gasteiger partial charge in [-0.3, -0.25) is 0 Å². The molecule has 1 unspecified atom stereocenters. The Morgan fingerprint density at radius 3 is 2.22 bits per heavy atom. The second-order valence-electron chi connectivity index (χ2n) is 4.74. The Morgan fingerprint density at radius 1 is 1.17 bits per heavy atom. The first-order chi connectivity index (χ1) is 8.31. The van der Waals surface area contributed by atoms with Crippen molar-refractivity contribution in [1.82, 2.24) is 0 Å². The molecule has 0 saturated heterocycles. The minimum Gasteiger partial charge on any atom is -0.229 e. The third-order valence-electron chi connectivity index (χ3n) is 2.51. The lowest BCUT2D eigenvalue weighted by Gasteiger charge is -2.11. The van der Waals surface area contributed by atoms with Gasteiger partial charge in [-0.05, 0) is 31.4 Å². The van der Waals surface area contributed by atoms with Crippen LogP contribution in [0.4, 0.5) is 4.39 Å². The van der Waals surface area contributed by atoms with Crippen LogP contribution in [0, 0.1) is 12.8 Å². The van der Waals surface area contributed by atoms with E-state index >= 15 is 0 Å². The zero-order valence-electron chi connectivity index (χ0n) is 10.9. The van der Waals surface area contributed by atoms with Crippen LogP contribution in [0.15, 0.2) is 29.2 Å². The third kappa shape index (κ3) is 4.74. The number of rotatable bonds is 6. The van der Waals surface area contributed by atoms with E-state index in [2.05, 4.69) is 4.18 Å². The molecular weight excluding hydrogens is 255 g/mol. The van der Waals surface area contributed by atoms with Crippen LogP contribution in [0.2, 0.25) is 0 Å². The molecule has 0 heterocycles. The maximum Gasteiger partial charge on any atom is 0.299 e. The molecule has 0 N–H and O–H groups in total. The number of halogens is 1. The summed E-state index contributed by atoms with van der Waals surface area (Å²) in [5, 5.41) is 0. The highest BCUT2D eigenvalue weighted by molar-refractivity contribution is 7.86. The molecule has 0 aromatic heterocycles. The zero-order chi connectivity index (χ0) is 13.8. The van der Waals surface area contributed by atoms with E-state index in [1.807, 2.05) is 20.8 Å². The molecule has 1 atom stereocenters. The van der Waals surface area contributed by atoms with Gasteiger partial charge < -0.3 is 0 Å². The van der Waals surface area contributed by atoms with E-state index in [-0.39, 0.29) is 11.3 Å². The summed E-state index contributed by atoms with van der Waals surface area (Å²) in [6, 6.07) is 6.13. The highest BCUT2D eigenvalue weighted by Crippen LogP contribution is 2.18. The summed E-state index contributed by atoms with van der Waals surface area (Å²) >= 11 is 0. The minimum absolute atomic E-state index is 0.0136. The van der Waals surface area contributed by atoms with Crippen LogP contribution >= 0.6 is 0 Å². The summed E-state index contributed by atoms with van der Waals surface area (Å²) < 4.78 is 41.4.